The smallest absolute Gasteiger partial charge is 0.135 e. The molecule has 0 aromatic carbocycles. The lowest BCUT2D eigenvalue weighted by Gasteiger charge is -1.99. The first kappa shape index (κ1) is 8.16. The van der Waals surface area contributed by atoms with E-state index in [-0.39, 0.29) is 0 Å². The van der Waals surface area contributed by atoms with Gasteiger partial charge in [0.05, 0.1) is 0 Å². The minimum absolute atomic E-state index is 0.397. The molecule has 60 valence electrons. The molecule has 1 rings (SSSR count). The molecule has 0 atom stereocenters. The van der Waals surface area contributed by atoms with Gasteiger partial charge in [-0.15, -0.1) is 0 Å². The zero-order chi connectivity index (χ0) is 8.27. The van der Waals surface area contributed by atoms with E-state index in [1.807, 2.05) is 0 Å². The first-order valence-corrected chi connectivity index (χ1v) is 3.48. The predicted molar refractivity (Wildman–Crippen MR) is 44.5 cm³/mol. The monoisotopic (exact) mass is 171 g/mol. The molecule has 0 aliphatic carbocycles. The van der Waals surface area contributed by atoms with Crippen LogP contribution in [0.2, 0.25) is 0 Å². The zero-order valence-electron chi connectivity index (χ0n) is 6.13. The van der Waals surface area contributed by atoms with Crippen molar-refractivity contribution in [1.82, 2.24) is 9.97 Å². The predicted octanol–water partition coefficient (Wildman–Crippen LogP) is 0.868. The Balaban J connectivity index is 2.99. The number of aromatic amines is 1. The summed E-state index contributed by atoms with van der Waals surface area (Å²) in [6.45, 7) is 0.397. The Bertz CT molecular complexity index is 296. The maximum Gasteiger partial charge on any atom is 0.135 e. The standard InChI is InChI=1S/C6H9N3OS/c1-10-3-5-8-4(7)2-6(11)9-5/h2H,3H2,1H3,(H3,7,8,9,11). The largest absolute Gasteiger partial charge is 0.385 e. The van der Waals surface area contributed by atoms with E-state index >= 15 is 0 Å². The van der Waals surface area contributed by atoms with Crippen LogP contribution in [0, 0.1) is 4.64 Å². The molecule has 1 aromatic heterocycles. The number of nitrogen functional groups attached to an aromatic ring is 1. The van der Waals surface area contributed by atoms with Crippen LogP contribution in [0.4, 0.5) is 5.82 Å². The van der Waals surface area contributed by atoms with Crippen LogP contribution in [0.5, 0.6) is 0 Å². The number of hydrogen-bond acceptors (Lipinski definition) is 4. The number of H-pyrrole nitrogens is 1. The number of ether oxygens (including phenoxy) is 1. The Labute approximate surface area is 69.4 Å². The van der Waals surface area contributed by atoms with E-state index < -0.39 is 0 Å². The van der Waals surface area contributed by atoms with Gasteiger partial charge in [0, 0.05) is 13.2 Å². The average molecular weight is 171 g/mol. The van der Waals surface area contributed by atoms with Gasteiger partial charge in [-0.25, -0.2) is 4.98 Å². The Hall–Kier alpha value is -0.940. The number of rotatable bonds is 2. The highest BCUT2D eigenvalue weighted by atomic mass is 32.1. The van der Waals surface area contributed by atoms with Crippen LogP contribution in [0.15, 0.2) is 6.07 Å². The van der Waals surface area contributed by atoms with Crippen molar-refractivity contribution in [2.75, 3.05) is 12.8 Å². The molecule has 5 heteroatoms. The summed E-state index contributed by atoms with van der Waals surface area (Å²) in [6, 6.07) is 1.59. The van der Waals surface area contributed by atoms with Crippen molar-refractivity contribution >= 4 is 18.0 Å². The van der Waals surface area contributed by atoms with Crippen LogP contribution in [0.1, 0.15) is 5.82 Å². The number of nitrogens with one attached hydrogen (secondary N) is 1. The second kappa shape index (κ2) is 3.45. The van der Waals surface area contributed by atoms with Gasteiger partial charge in [-0.05, 0) is 0 Å². The molecule has 1 heterocycles. The minimum atomic E-state index is 0.397. The van der Waals surface area contributed by atoms with Crippen LogP contribution in [-0.4, -0.2) is 17.1 Å². The number of hydrogen-bond donors (Lipinski definition) is 2. The highest BCUT2D eigenvalue weighted by Gasteiger charge is 1.93. The Morgan fingerprint density at radius 2 is 2.55 bits per heavy atom. The third kappa shape index (κ3) is 2.28. The molecule has 0 spiro atoms. The van der Waals surface area contributed by atoms with Crippen molar-refractivity contribution in [3.05, 3.63) is 16.5 Å². The molecule has 0 fully saturated rings. The maximum atomic E-state index is 5.47. The van der Waals surface area contributed by atoms with Crippen LogP contribution >= 0.6 is 12.2 Å². The molecule has 0 saturated carbocycles. The number of methoxy groups -OCH3 is 1. The summed E-state index contributed by atoms with van der Waals surface area (Å²) < 4.78 is 5.32. The van der Waals surface area contributed by atoms with Crippen LogP contribution < -0.4 is 5.73 Å². The molecule has 4 nitrogen and oxygen atoms in total. The first-order chi connectivity index (χ1) is 5.22. The third-order valence-electron chi connectivity index (χ3n) is 1.09. The SMILES string of the molecule is COCc1nc(=S)cc(N)[nH]1. The summed E-state index contributed by atoms with van der Waals surface area (Å²) in [7, 11) is 1.59. The van der Waals surface area contributed by atoms with E-state index in [2.05, 4.69) is 9.97 Å². The van der Waals surface area contributed by atoms with E-state index in [0.29, 0.717) is 22.9 Å². The molecule has 3 N–H and O–H groups in total. The second-order valence-electron chi connectivity index (χ2n) is 2.05. The van der Waals surface area contributed by atoms with Crippen LogP contribution in [0.25, 0.3) is 0 Å². The lowest BCUT2D eigenvalue weighted by Crippen LogP contribution is -2.00. The Morgan fingerprint density at radius 3 is 3.09 bits per heavy atom. The summed E-state index contributed by atoms with van der Waals surface area (Å²) >= 11 is 4.83. The van der Waals surface area contributed by atoms with Gasteiger partial charge in [0.2, 0.25) is 0 Å². The van der Waals surface area contributed by atoms with Crippen molar-refractivity contribution < 1.29 is 4.74 Å². The summed E-state index contributed by atoms with van der Waals surface area (Å²) in [5.41, 5.74) is 5.47. The second-order valence-corrected chi connectivity index (χ2v) is 2.47. The third-order valence-corrected chi connectivity index (χ3v) is 1.30. The number of nitrogens with two attached hydrogens (primary N) is 1. The summed E-state index contributed by atoms with van der Waals surface area (Å²) in [5, 5.41) is 0. The molecule has 0 saturated heterocycles. The van der Waals surface area contributed by atoms with Gasteiger partial charge < -0.3 is 15.5 Å². The summed E-state index contributed by atoms with van der Waals surface area (Å²) in [4.78, 5) is 6.80. The fourth-order valence-corrected chi connectivity index (χ4v) is 0.971. The molecule has 0 amide bonds. The molecular formula is C6H9N3OS. The molecular weight excluding hydrogens is 162 g/mol. The number of aromatic nitrogens is 2. The molecule has 11 heavy (non-hydrogen) atoms. The zero-order valence-corrected chi connectivity index (χ0v) is 6.94. The molecule has 0 aliphatic rings. The number of anilines is 1. The highest BCUT2D eigenvalue weighted by molar-refractivity contribution is 7.71. The topological polar surface area (TPSA) is 63.9 Å². The Morgan fingerprint density at radius 1 is 1.82 bits per heavy atom. The average Bonchev–Trinajstić information content (AvgIpc) is 1.85. The van der Waals surface area contributed by atoms with Gasteiger partial charge in [0.15, 0.2) is 0 Å². The normalized spacial score (nSPS) is 9.91. The molecule has 0 bridgehead atoms. The first-order valence-electron chi connectivity index (χ1n) is 3.07. The van der Waals surface area contributed by atoms with Gasteiger partial charge in [0.1, 0.15) is 22.9 Å². The van der Waals surface area contributed by atoms with E-state index in [1.54, 1.807) is 13.2 Å². The quantitative estimate of drug-likeness (QED) is 0.648. The van der Waals surface area contributed by atoms with E-state index in [9.17, 15) is 0 Å². The fourth-order valence-electron chi connectivity index (χ4n) is 0.734. The van der Waals surface area contributed by atoms with Gasteiger partial charge in [-0.3, -0.25) is 0 Å². The fraction of sp³-hybridized carbons (Fsp3) is 0.333. The van der Waals surface area contributed by atoms with E-state index in [0.717, 1.165) is 0 Å². The molecule has 0 radical (unpaired) electrons. The van der Waals surface area contributed by atoms with E-state index in [4.69, 9.17) is 22.7 Å². The van der Waals surface area contributed by atoms with Gasteiger partial charge in [0.25, 0.3) is 0 Å². The summed E-state index contributed by atoms with van der Waals surface area (Å²) in [5.74, 6) is 1.16. The summed E-state index contributed by atoms with van der Waals surface area (Å²) in [6.07, 6.45) is 0. The van der Waals surface area contributed by atoms with Crippen molar-refractivity contribution in [2.45, 2.75) is 6.61 Å². The van der Waals surface area contributed by atoms with Crippen LogP contribution in [-0.2, 0) is 11.3 Å². The minimum Gasteiger partial charge on any atom is -0.385 e. The molecule has 1 aromatic rings. The Kier molecular flexibility index (Phi) is 2.56. The molecule has 0 unspecified atom stereocenters. The lowest BCUT2D eigenvalue weighted by molar-refractivity contribution is 0.178. The van der Waals surface area contributed by atoms with Crippen molar-refractivity contribution in [2.24, 2.45) is 0 Å². The van der Waals surface area contributed by atoms with Gasteiger partial charge >= 0.3 is 0 Å². The van der Waals surface area contributed by atoms with Crippen molar-refractivity contribution in [1.29, 1.82) is 0 Å². The van der Waals surface area contributed by atoms with Gasteiger partial charge in [-0.1, -0.05) is 12.2 Å². The number of nitrogens with zero attached hydrogens (tertiary/aromatic N) is 1. The van der Waals surface area contributed by atoms with E-state index in [1.165, 1.54) is 0 Å². The van der Waals surface area contributed by atoms with Crippen molar-refractivity contribution in [3.63, 3.8) is 0 Å². The highest BCUT2D eigenvalue weighted by Crippen LogP contribution is 1.99. The van der Waals surface area contributed by atoms with Crippen molar-refractivity contribution in [3.8, 4) is 0 Å². The lowest BCUT2D eigenvalue weighted by atomic mass is 10.5. The molecule has 0 aliphatic heterocycles. The van der Waals surface area contributed by atoms with Crippen LogP contribution in [0.3, 0.4) is 0 Å². The maximum absolute atomic E-state index is 5.47. The van der Waals surface area contributed by atoms with Gasteiger partial charge in [-0.2, -0.15) is 0 Å².